The zero-order valence-corrected chi connectivity index (χ0v) is 9.82. The summed E-state index contributed by atoms with van der Waals surface area (Å²) in [4.78, 5) is 11.0. The van der Waals surface area contributed by atoms with Crippen LogP contribution in [0.15, 0.2) is 18.2 Å². The van der Waals surface area contributed by atoms with Crippen molar-refractivity contribution in [3.05, 3.63) is 23.8 Å². The molecule has 0 bridgehead atoms. The molecule has 0 fully saturated rings. The van der Waals surface area contributed by atoms with Gasteiger partial charge in [-0.2, -0.15) is 0 Å². The van der Waals surface area contributed by atoms with Crippen molar-refractivity contribution in [2.24, 2.45) is 0 Å². The number of esters is 1. The number of phenols is 1. The number of hydrogen-bond donors (Lipinski definition) is 1. The number of methoxy groups -OCH3 is 1. The average molecular weight is 234 g/mol. The lowest BCUT2D eigenvalue weighted by Crippen LogP contribution is -2.01. The molecule has 0 aliphatic heterocycles. The van der Waals surface area contributed by atoms with Crippen molar-refractivity contribution < 1.29 is 19.4 Å². The van der Waals surface area contributed by atoms with Crippen LogP contribution in [0.4, 0.5) is 0 Å². The number of carbonyl (C=O) groups excluding carboxylic acids is 1. The summed E-state index contributed by atoms with van der Waals surface area (Å²) in [6.07, 6.45) is 0.0526. The van der Waals surface area contributed by atoms with Crippen molar-refractivity contribution in [3.8, 4) is 23.3 Å². The highest BCUT2D eigenvalue weighted by Crippen LogP contribution is 2.25. The highest BCUT2D eigenvalue weighted by atomic mass is 16.5. The lowest BCUT2D eigenvalue weighted by Gasteiger charge is -2.02. The van der Waals surface area contributed by atoms with Crippen LogP contribution in [0, 0.1) is 11.8 Å². The Balaban J connectivity index is 2.69. The van der Waals surface area contributed by atoms with Crippen molar-refractivity contribution in [2.45, 2.75) is 13.3 Å². The van der Waals surface area contributed by atoms with Gasteiger partial charge in [0.15, 0.2) is 11.5 Å². The minimum Gasteiger partial charge on any atom is -0.504 e. The van der Waals surface area contributed by atoms with Gasteiger partial charge in [0.05, 0.1) is 13.7 Å². The van der Waals surface area contributed by atoms with Gasteiger partial charge in [-0.25, -0.2) is 0 Å². The van der Waals surface area contributed by atoms with Gasteiger partial charge in [-0.15, -0.1) is 0 Å². The second kappa shape index (κ2) is 6.44. The third-order valence-corrected chi connectivity index (χ3v) is 1.95. The smallest absolute Gasteiger partial charge is 0.317 e. The normalized spacial score (nSPS) is 9.06. The SMILES string of the molecule is CCOC(=O)CC#Cc1ccc(O)c(OC)c1. The molecule has 1 N–H and O–H groups in total. The van der Waals surface area contributed by atoms with Gasteiger partial charge in [0.1, 0.15) is 6.42 Å². The number of benzene rings is 1. The Morgan fingerprint density at radius 1 is 1.47 bits per heavy atom. The predicted molar refractivity (Wildman–Crippen MR) is 62.8 cm³/mol. The Morgan fingerprint density at radius 3 is 2.88 bits per heavy atom. The molecule has 0 saturated carbocycles. The number of rotatable bonds is 3. The molecule has 0 aliphatic carbocycles. The monoisotopic (exact) mass is 234 g/mol. The van der Waals surface area contributed by atoms with Crippen LogP contribution in [-0.2, 0) is 9.53 Å². The molecule has 90 valence electrons. The Hall–Kier alpha value is -2.15. The molecule has 1 rings (SSSR count). The van der Waals surface area contributed by atoms with Crippen LogP contribution in [0.25, 0.3) is 0 Å². The fourth-order valence-corrected chi connectivity index (χ4v) is 1.19. The van der Waals surface area contributed by atoms with E-state index in [9.17, 15) is 9.90 Å². The topological polar surface area (TPSA) is 55.8 Å². The van der Waals surface area contributed by atoms with E-state index in [1.165, 1.54) is 13.2 Å². The fourth-order valence-electron chi connectivity index (χ4n) is 1.19. The Morgan fingerprint density at radius 2 is 2.24 bits per heavy atom. The molecule has 0 spiro atoms. The molecule has 0 unspecified atom stereocenters. The summed E-state index contributed by atoms with van der Waals surface area (Å²) in [5.41, 5.74) is 0.670. The third kappa shape index (κ3) is 4.07. The van der Waals surface area contributed by atoms with E-state index >= 15 is 0 Å². The van der Waals surface area contributed by atoms with Gasteiger partial charge in [-0.05, 0) is 25.1 Å². The van der Waals surface area contributed by atoms with Crippen molar-refractivity contribution in [3.63, 3.8) is 0 Å². The largest absolute Gasteiger partial charge is 0.504 e. The third-order valence-electron chi connectivity index (χ3n) is 1.95. The minimum absolute atomic E-state index is 0.0526. The van der Waals surface area contributed by atoms with E-state index in [-0.39, 0.29) is 18.1 Å². The molecular weight excluding hydrogens is 220 g/mol. The van der Waals surface area contributed by atoms with E-state index in [0.29, 0.717) is 17.9 Å². The van der Waals surface area contributed by atoms with E-state index in [1.807, 2.05) is 0 Å². The molecule has 0 saturated heterocycles. The van der Waals surface area contributed by atoms with Crippen molar-refractivity contribution >= 4 is 5.97 Å². The Bertz CT molecular complexity index is 454. The van der Waals surface area contributed by atoms with E-state index in [1.54, 1.807) is 19.1 Å². The van der Waals surface area contributed by atoms with Crippen LogP contribution < -0.4 is 4.74 Å². The molecule has 0 heterocycles. The highest BCUT2D eigenvalue weighted by Gasteiger charge is 2.01. The summed E-state index contributed by atoms with van der Waals surface area (Å²) in [5, 5.41) is 9.37. The van der Waals surface area contributed by atoms with Gasteiger partial charge in [0.2, 0.25) is 0 Å². The molecule has 4 nitrogen and oxygen atoms in total. The minimum atomic E-state index is -0.342. The molecule has 1 aromatic carbocycles. The number of aromatic hydroxyl groups is 1. The zero-order chi connectivity index (χ0) is 12.7. The van der Waals surface area contributed by atoms with Crippen LogP contribution in [-0.4, -0.2) is 24.8 Å². The van der Waals surface area contributed by atoms with Crippen molar-refractivity contribution in [1.29, 1.82) is 0 Å². The van der Waals surface area contributed by atoms with Crippen LogP contribution in [0.5, 0.6) is 11.5 Å². The molecule has 0 aromatic heterocycles. The molecule has 1 aromatic rings. The van der Waals surface area contributed by atoms with Crippen molar-refractivity contribution in [1.82, 2.24) is 0 Å². The van der Waals surface area contributed by atoms with Crippen LogP contribution in [0.2, 0.25) is 0 Å². The molecule has 0 aliphatic rings. The summed E-state index contributed by atoms with van der Waals surface area (Å²) in [7, 11) is 1.46. The second-order valence-electron chi connectivity index (χ2n) is 3.17. The standard InChI is InChI=1S/C13H14O4/c1-3-17-13(15)6-4-5-10-7-8-11(14)12(9-10)16-2/h7-9,14H,3,6H2,1-2H3. The maximum absolute atomic E-state index is 11.0. The summed E-state index contributed by atoms with van der Waals surface area (Å²) < 4.78 is 9.68. The van der Waals surface area contributed by atoms with E-state index in [2.05, 4.69) is 11.8 Å². The summed E-state index contributed by atoms with van der Waals surface area (Å²) in [6, 6.07) is 4.75. The fraction of sp³-hybridized carbons (Fsp3) is 0.308. The number of hydrogen-bond acceptors (Lipinski definition) is 4. The Kier molecular flexibility index (Phi) is 4.89. The zero-order valence-electron chi connectivity index (χ0n) is 9.82. The average Bonchev–Trinajstić information content (AvgIpc) is 2.31. The quantitative estimate of drug-likeness (QED) is 0.639. The molecule has 17 heavy (non-hydrogen) atoms. The van der Waals surface area contributed by atoms with Gasteiger partial charge in [-0.3, -0.25) is 4.79 Å². The van der Waals surface area contributed by atoms with Gasteiger partial charge < -0.3 is 14.6 Å². The highest BCUT2D eigenvalue weighted by molar-refractivity contribution is 5.72. The lowest BCUT2D eigenvalue weighted by molar-refractivity contribution is -0.141. The molecular formula is C13H14O4. The van der Waals surface area contributed by atoms with Gasteiger partial charge in [-0.1, -0.05) is 11.8 Å². The van der Waals surface area contributed by atoms with Crippen LogP contribution in [0.1, 0.15) is 18.9 Å². The Labute approximate surface area is 100 Å². The summed E-state index contributed by atoms with van der Waals surface area (Å²) in [5.74, 6) is 5.56. The number of phenolic OH excluding ortho intramolecular Hbond substituents is 1. The maximum atomic E-state index is 11.0. The number of carbonyl (C=O) groups is 1. The second-order valence-corrected chi connectivity index (χ2v) is 3.17. The first-order valence-electron chi connectivity index (χ1n) is 5.19. The molecule has 0 amide bonds. The first-order valence-corrected chi connectivity index (χ1v) is 5.19. The van der Waals surface area contributed by atoms with Gasteiger partial charge in [0, 0.05) is 5.56 Å². The first-order chi connectivity index (χ1) is 8.17. The van der Waals surface area contributed by atoms with Gasteiger partial charge >= 0.3 is 5.97 Å². The van der Waals surface area contributed by atoms with Crippen LogP contribution in [0.3, 0.4) is 0 Å². The summed E-state index contributed by atoms with van der Waals surface area (Å²) >= 11 is 0. The maximum Gasteiger partial charge on any atom is 0.317 e. The van der Waals surface area contributed by atoms with E-state index in [4.69, 9.17) is 9.47 Å². The molecule has 0 radical (unpaired) electrons. The predicted octanol–water partition coefficient (Wildman–Crippen LogP) is 1.71. The lowest BCUT2D eigenvalue weighted by atomic mass is 10.2. The molecule has 4 heteroatoms. The molecule has 0 atom stereocenters. The first kappa shape index (κ1) is 12.9. The summed E-state index contributed by atoms with van der Waals surface area (Å²) in [6.45, 7) is 2.10. The number of ether oxygens (including phenoxy) is 2. The van der Waals surface area contributed by atoms with E-state index in [0.717, 1.165) is 0 Å². The van der Waals surface area contributed by atoms with Crippen LogP contribution >= 0.6 is 0 Å². The van der Waals surface area contributed by atoms with Gasteiger partial charge in [0.25, 0.3) is 0 Å². The van der Waals surface area contributed by atoms with E-state index < -0.39 is 0 Å². The van der Waals surface area contributed by atoms with Crippen molar-refractivity contribution in [2.75, 3.05) is 13.7 Å².